The van der Waals surface area contributed by atoms with Gasteiger partial charge < -0.3 is 9.64 Å². The summed E-state index contributed by atoms with van der Waals surface area (Å²) in [6, 6.07) is 13.2. The minimum absolute atomic E-state index is 0.330. The molecule has 0 saturated carbocycles. The second-order valence-corrected chi connectivity index (χ2v) is 6.91. The molecule has 1 saturated heterocycles. The topological polar surface area (TPSA) is 38.2 Å². The minimum atomic E-state index is -0.330. The highest BCUT2D eigenvalue weighted by Crippen LogP contribution is 2.27. The van der Waals surface area contributed by atoms with Crippen molar-refractivity contribution in [1.29, 1.82) is 0 Å². The lowest BCUT2D eigenvalue weighted by Crippen LogP contribution is -2.29. The number of hydrogen-bond acceptors (Lipinski definition) is 4. The number of para-hydroxylation sites is 1. The quantitative estimate of drug-likeness (QED) is 0.707. The number of piperidine rings is 1. The fourth-order valence-corrected chi connectivity index (χ4v) is 3.51. The largest absolute Gasteiger partial charge is 0.473 e. The average molecular weight is 351 g/mol. The second kappa shape index (κ2) is 7.38. The summed E-state index contributed by atoms with van der Waals surface area (Å²) in [4.78, 5) is 11.3. The van der Waals surface area contributed by atoms with Crippen LogP contribution in [0.5, 0.6) is 5.88 Å². The Balaban J connectivity index is 1.49. The number of pyridine rings is 2. The van der Waals surface area contributed by atoms with E-state index >= 15 is 0 Å². The van der Waals surface area contributed by atoms with Gasteiger partial charge in [-0.1, -0.05) is 24.3 Å². The molecule has 0 atom stereocenters. The molecular weight excluding hydrogens is 329 g/mol. The van der Waals surface area contributed by atoms with E-state index in [4.69, 9.17) is 9.72 Å². The van der Waals surface area contributed by atoms with Crippen LogP contribution in [0.2, 0.25) is 0 Å². The molecule has 0 spiro atoms. The highest BCUT2D eigenvalue weighted by Gasteiger charge is 2.19. The van der Waals surface area contributed by atoms with E-state index in [0.717, 1.165) is 48.1 Å². The second-order valence-electron chi connectivity index (χ2n) is 6.91. The third-order valence-corrected chi connectivity index (χ3v) is 5.02. The van der Waals surface area contributed by atoms with Crippen LogP contribution in [0.4, 0.5) is 4.39 Å². The van der Waals surface area contributed by atoms with E-state index in [9.17, 15) is 4.39 Å². The summed E-state index contributed by atoms with van der Waals surface area (Å²) in [7, 11) is 2.16. The molecule has 1 aliphatic heterocycles. The van der Waals surface area contributed by atoms with Gasteiger partial charge in [0.2, 0.25) is 5.88 Å². The predicted octanol–water partition coefficient (Wildman–Crippen LogP) is 4.16. The van der Waals surface area contributed by atoms with Crippen LogP contribution in [0.25, 0.3) is 10.9 Å². The zero-order chi connectivity index (χ0) is 17.9. The summed E-state index contributed by atoms with van der Waals surface area (Å²) in [5.41, 5.74) is 2.79. The molecule has 26 heavy (non-hydrogen) atoms. The SMILES string of the molecule is CN1CCC(c2cccc(OCc3cccc4cc(F)cnc34)n2)CC1. The van der Waals surface area contributed by atoms with E-state index in [1.54, 1.807) is 0 Å². The summed E-state index contributed by atoms with van der Waals surface area (Å²) >= 11 is 0. The van der Waals surface area contributed by atoms with Crippen LogP contribution in [0.15, 0.2) is 48.7 Å². The molecule has 4 nitrogen and oxygen atoms in total. The Hall–Kier alpha value is -2.53. The predicted molar refractivity (Wildman–Crippen MR) is 99.7 cm³/mol. The smallest absolute Gasteiger partial charge is 0.213 e. The molecule has 0 unspecified atom stereocenters. The first-order valence-electron chi connectivity index (χ1n) is 9.00. The van der Waals surface area contributed by atoms with Gasteiger partial charge in [-0.2, -0.15) is 0 Å². The van der Waals surface area contributed by atoms with E-state index in [1.807, 2.05) is 30.3 Å². The first-order chi connectivity index (χ1) is 12.7. The Kier molecular flexibility index (Phi) is 4.80. The number of hydrogen-bond donors (Lipinski definition) is 0. The summed E-state index contributed by atoms with van der Waals surface area (Å²) in [5.74, 6) is 0.792. The fourth-order valence-electron chi connectivity index (χ4n) is 3.51. The van der Waals surface area contributed by atoms with E-state index in [-0.39, 0.29) is 5.82 Å². The van der Waals surface area contributed by atoms with Crippen LogP contribution in [-0.2, 0) is 6.61 Å². The molecule has 0 aliphatic carbocycles. The van der Waals surface area contributed by atoms with Gasteiger partial charge in [-0.05, 0) is 45.1 Å². The van der Waals surface area contributed by atoms with Crippen LogP contribution < -0.4 is 4.74 Å². The number of fused-ring (bicyclic) bond motifs is 1. The Morgan fingerprint density at radius 3 is 2.81 bits per heavy atom. The van der Waals surface area contributed by atoms with Crippen molar-refractivity contribution in [3.63, 3.8) is 0 Å². The van der Waals surface area contributed by atoms with Crippen molar-refractivity contribution in [2.24, 2.45) is 0 Å². The molecular formula is C21H22FN3O. The molecule has 3 heterocycles. The fraction of sp³-hybridized carbons (Fsp3) is 0.333. The molecule has 2 aromatic heterocycles. The van der Waals surface area contributed by atoms with E-state index in [1.165, 1.54) is 12.3 Å². The van der Waals surface area contributed by atoms with Crippen LogP contribution in [0, 0.1) is 5.82 Å². The normalized spacial score (nSPS) is 16.1. The van der Waals surface area contributed by atoms with Crippen LogP contribution in [0.3, 0.4) is 0 Å². The lowest BCUT2D eigenvalue weighted by molar-refractivity contribution is 0.250. The molecule has 1 fully saturated rings. The Morgan fingerprint density at radius 2 is 1.96 bits per heavy atom. The third kappa shape index (κ3) is 3.68. The zero-order valence-electron chi connectivity index (χ0n) is 14.9. The van der Waals surface area contributed by atoms with Crippen molar-refractivity contribution in [1.82, 2.24) is 14.9 Å². The summed E-state index contributed by atoms with van der Waals surface area (Å²) < 4.78 is 19.3. The van der Waals surface area contributed by atoms with E-state index in [0.29, 0.717) is 18.4 Å². The minimum Gasteiger partial charge on any atom is -0.473 e. The number of halogens is 1. The number of ether oxygens (including phenoxy) is 1. The van der Waals surface area contributed by atoms with Gasteiger partial charge in [0.1, 0.15) is 12.4 Å². The number of nitrogens with zero attached hydrogens (tertiary/aromatic N) is 3. The summed E-state index contributed by atoms with van der Waals surface area (Å²) in [6.45, 7) is 2.57. The molecule has 1 aromatic carbocycles. The number of rotatable bonds is 4. The van der Waals surface area contributed by atoms with Crippen LogP contribution in [-0.4, -0.2) is 35.0 Å². The van der Waals surface area contributed by atoms with Gasteiger partial charge in [0, 0.05) is 28.6 Å². The van der Waals surface area contributed by atoms with Gasteiger partial charge in [-0.15, -0.1) is 0 Å². The molecule has 3 aromatic rings. The van der Waals surface area contributed by atoms with Crippen molar-refractivity contribution in [2.45, 2.75) is 25.4 Å². The van der Waals surface area contributed by atoms with Crippen molar-refractivity contribution in [2.75, 3.05) is 20.1 Å². The highest BCUT2D eigenvalue weighted by molar-refractivity contribution is 5.81. The molecule has 0 radical (unpaired) electrons. The molecule has 1 aliphatic rings. The highest BCUT2D eigenvalue weighted by atomic mass is 19.1. The molecule has 4 rings (SSSR count). The number of likely N-dealkylation sites (tertiary alicyclic amines) is 1. The Labute approximate surface area is 152 Å². The number of aromatic nitrogens is 2. The third-order valence-electron chi connectivity index (χ3n) is 5.02. The maximum atomic E-state index is 13.4. The van der Waals surface area contributed by atoms with Crippen LogP contribution >= 0.6 is 0 Å². The average Bonchev–Trinajstić information content (AvgIpc) is 2.67. The standard InChI is InChI=1S/C21H22FN3O/c1-25-10-8-15(9-11-25)19-6-3-7-20(24-19)26-14-17-5-2-4-16-12-18(22)13-23-21(16)17/h2-7,12-13,15H,8-11,14H2,1H3. The maximum absolute atomic E-state index is 13.4. The van der Waals surface area contributed by atoms with Gasteiger partial charge >= 0.3 is 0 Å². The van der Waals surface area contributed by atoms with Gasteiger partial charge in [0.25, 0.3) is 0 Å². The van der Waals surface area contributed by atoms with Crippen molar-refractivity contribution in [3.8, 4) is 5.88 Å². The van der Waals surface area contributed by atoms with Gasteiger partial charge in [-0.3, -0.25) is 4.98 Å². The monoisotopic (exact) mass is 351 g/mol. The van der Waals surface area contributed by atoms with E-state index < -0.39 is 0 Å². The molecule has 0 amide bonds. The lowest BCUT2D eigenvalue weighted by Gasteiger charge is -2.28. The molecule has 0 N–H and O–H groups in total. The van der Waals surface area contributed by atoms with Gasteiger partial charge in [0.15, 0.2) is 0 Å². The van der Waals surface area contributed by atoms with Crippen molar-refractivity contribution in [3.05, 3.63) is 65.7 Å². The maximum Gasteiger partial charge on any atom is 0.213 e. The first kappa shape index (κ1) is 16.9. The number of benzene rings is 1. The van der Waals surface area contributed by atoms with Crippen LogP contribution in [0.1, 0.15) is 30.0 Å². The van der Waals surface area contributed by atoms with Gasteiger partial charge in [0.05, 0.1) is 11.7 Å². The first-order valence-corrected chi connectivity index (χ1v) is 9.00. The Bertz CT molecular complexity index is 907. The Morgan fingerprint density at radius 1 is 1.15 bits per heavy atom. The van der Waals surface area contributed by atoms with Crippen molar-refractivity contribution < 1.29 is 9.13 Å². The summed E-state index contributed by atoms with van der Waals surface area (Å²) in [6.07, 6.45) is 3.50. The molecule has 0 bridgehead atoms. The zero-order valence-corrected chi connectivity index (χ0v) is 14.9. The van der Waals surface area contributed by atoms with E-state index in [2.05, 4.69) is 23.0 Å². The summed E-state index contributed by atoms with van der Waals surface area (Å²) in [5, 5.41) is 0.777. The van der Waals surface area contributed by atoms with Crippen molar-refractivity contribution >= 4 is 10.9 Å². The molecule has 134 valence electrons. The van der Waals surface area contributed by atoms with Gasteiger partial charge in [-0.25, -0.2) is 9.37 Å². The lowest BCUT2D eigenvalue weighted by atomic mass is 9.93. The molecule has 5 heteroatoms.